The van der Waals surface area contributed by atoms with Crippen LogP contribution in [0.5, 0.6) is 0 Å². The topological polar surface area (TPSA) is 84.3 Å². The molecule has 2 aromatic carbocycles. The fourth-order valence-corrected chi connectivity index (χ4v) is 2.33. The molecule has 0 saturated carbocycles. The molecule has 114 valence electrons. The predicted molar refractivity (Wildman–Crippen MR) is 88.1 cm³/mol. The second kappa shape index (κ2) is 7.56. The van der Waals surface area contributed by atoms with Gasteiger partial charge in [0.15, 0.2) is 0 Å². The van der Waals surface area contributed by atoms with Gasteiger partial charge in [-0.3, -0.25) is 14.9 Å². The molecular formula is C15H14BrN3O3. The molecule has 2 rings (SSSR count). The monoisotopic (exact) mass is 363 g/mol. The number of hydrogen-bond donors (Lipinski definition) is 2. The Morgan fingerprint density at radius 3 is 2.50 bits per heavy atom. The van der Waals surface area contributed by atoms with E-state index >= 15 is 0 Å². The van der Waals surface area contributed by atoms with Gasteiger partial charge in [-0.15, -0.1) is 0 Å². The molecule has 0 heterocycles. The minimum atomic E-state index is -0.450. The van der Waals surface area contributed by atoms with E-state index in [0.29, 0.717) is 23.1 Å². The highest BCUT2D eigenvalue weighted by Crippen LogP contribution is 2.26. The molecule has 0 saturated heterocycles. The highest BCUT2D eigenvalue weighted by atomic mass is 79.9. The van der Waals surface area contributed by atoms with Crippen molar-refractivity contribution in [2.75, 3.05) is 18.4 Å². The molecule has 0 atom stereocenters. The average molecular weight is 364 g/mol. The maximum Gasteiger partial charge on any atom is 0.270 e. The van der Waals surface area contributed by atoms with Crippen molar-refractivity contribution < 1.29 is 9.72 Å². The Kier molecular flexibility index (Phi) is 5.48. The molecule has 0 radical (unpaired) electrons. The third kappa shape index (κ3) is 4.29. The minimum Gasteiger partial charge on any atom is -0.382 e. The van der Waals surface area contributed by atoms with Crippen LogP contribution in [-0.2, 0) is 0 Å². The second-order valence-electron chi connectivity index (χ2n) is 4.47. The molecule has 0 aliphatic carbocycles. The minimum absolute atomic E-state index is 0.0230. The molecule has 0 aromatic heterocycles. The molecule has 6 nitrogen and oxygen atoms in total. The first kappa shape index (κ1) is 16.0. The van der Waals surface area contributed by atoms with Crippen LogP contribution in [-0.4, -0.2) is 23.9 Å². The molecule has 0 aliphatic heterocycles. The van der Waals surface area contributed by atoms with Crippen LogP contribution in [0, 0.1) is 10.1 Å². The highest BCUT2D eigenvalue weighted by molar-refractivity contribution is 9.10. The molecule has 22 heavy (non-hydrogen) atoms. The molecule has 0 spiro atoms. The van der Waals surface area contributed by atoms with E-state index in [2.05, 4.69) is 26.6 Å². The van der Waals surface area contributed by atoms with Gasteiger partial charge >= 0.3 is 0 Å². The summed E-state index contributed by atoms with van der Waals surface area (Å²) in [6.45, 7) is 0.951. The number of nitrogens with one attached hydrogen (secondary N) is 2. The Balaban J connectivity index is 1.82. The van der Waals surface area contributed by atoms with Gasteiger partial charge < -0.3 is 10.6 Å². The van der Waals surface area contributed by atoms with Gasteiger partial charge in [-0.25, -0.2) is 0 Å². The van der Waals surface area contributed by atoms with Gasteiger partial charge in [0, 0.05) is 40.9 Å². The lowest BCUT2D eigenvalue weighted by atomic mass is 10.2. The van der Waals surface area contributed by atoms with Crippen molar-refractivity contribution >= 4 is 33.2 Å². The van der Waals surface area contributed by atoms with E-state index < -0.39 is 4.92 Å². The van der Waals surface area contributed by atoms with Crippen LogP contribution < -0.4 is 10.6 Å². The van der Waals surface area contributed by atoms with E-state index in [4.69, 9.17) is 0 Å². The van der Waals surface area contributed by atoms with Crippen molar-refractivity contribution in [1.29, 1.82) is 0 Å². The fourth-order valence-electron chi connectivity index (χ4n) is 1.83. The van der Waals surface area contributed by atoms with Crippen molar-refractivity contribution in [2.24, 2.45) is 0 Å². The predicted octanol–water partition coefficient (Wildman–Crippen LogP) is 3.20. The van der Waals surface area contributed by atoms with Gasteiger partial charge in [-0.2, -0.15) is 0 Å². The maximum atomic E-state index is 11.8. The second-order valence-corrected chi connectivity index (χ2v) is 5.32. The lowest BCUT2D eigenvalue weighted by Crippen LogP contribution is -2.28. The van der Waals surface area contributed by atoms with E-state index in [1.165, 1.54) is 12.1 Å². The number of amides is 1. The Labute approximate surface area is 135 Å². The lowest BCUT2D eigenvalue weighted by Gasteiger charge is -2.09. The summed E-state index contributed by atoms with van der Waals surface area (Å²) in [5.41, 5.74) is 1.37. The summed E-state index contributed by atoms with van der Waals surface area (Å²) < 4.78 is 0.607. The van der Waals surface area contributed by atoms with Gasteiger partial charge in [0.1, 0.15) is 0 Å². The number of non-ortho nitro benzene ring substituents is 1. The Hall–Kier alpha value is -2.41. The Morgan fingerprint density at radius 2 is 1.86 bits per heavy atom. The number of hydrogen-bond acceptors (Lipinski definition) is 4. The van der Waals surface area contributed by atoms with Crippen molar-refractivity contribution in [3.05, 3.63) is 68.7 Å². The van der Waals surface area contributed by atoms with Crippen LogP contribution in [0.2, 0.25) is 0 Å². The van der Waals surface area contributed by atoms with Crippen molar-refractivity contribution in [1.82, 2.24) is 5.32 Å². The van der Waals surface area contributed by atoms with Crippen LogP contribution in [0.15, 0.2) is 53.0 Å². The number of nitro groups is 1. The number of anilines is 1. The number of halogens is 1. The number of carbonyl (C=O) groups excluding carboxylic acids is 1. The number of nitro benzene ring substituents is 1. The summed E-state index contributed by atoms with van der Waals surface area (Å²) >= 11 is 3.28. The zero-order valence-corrected chi connectivity index (χ0v) is 13.2. The average Bonchev–Trinajstić information content (AvgIpc) is 2.53. The number of carbonyl (C=O) groups is 1. The van der Waals surface area contributed by atoms with Gasteiger partial charge in [0.05, 0.1) is 4.92 Å². The molecular weight excluding hydrogens is 350 g/mol. The molecule has 2 aromatic rings. The third-order valence-electron chi connectivity index (χ3n) is 2.93. The normalized spacial score (nSPS) is 10.0. The molecule has 7 heteroatoms. The number of nitrogens with zero attached hydrogens (tertiary/aromatic N) is 1. The quantitative estimate of drug-likeness (QED) is 0.468. The summed E-state index contributed by atoms with van der Waals surface area (Å²) in [6.07, 6.45) is 0. The molecule has 0 fully saturated rings. The fraction of sp³-hybridized carbons (Fsp3) is 0.133. The first-order valence-electron chi connectivity index (χ1n) is 6.59. The van der Waals surface area contributed by atoms with Crippen molar-refractivity contribution in [3.8, 4) is 0 Å². The maximum absolute atomic E-state index is 11.8. The lowest BCUT2D eigenvalue weighted by molar-refractivity contribution is -0.384. The zero-order valence-electron chi connectivity index (χ0n) is 11.6. The van der Waals surface area contributed by atoms with Crippen LogP contribution in [0.3, 0.4) is 0 Å². The van der Waals surface area contributed by atoms with Gasteiger partial charge in [0.2, 0.25) is 0 Å². The summed E-state index contributed by atoms with van der Waals surface area (Å²) in [7, 11) is 0. The number of benzene rings is 2. The largest absolute Gasteiger partial charge is 0.382 e. The molecule has 2 N–H and O–H groups in total. The first-order valence-corrected chi connectivity index (χ1v) is 7.38. The SMILES string of the molecule is O=C(NCCNc1ccc([N+](=O)[O-])cc1Br)c1ccccc1. The van der Waals surface area contributed by atoms with Crippen molar-refractivity contribution in [2.45, 2.75) is 0 Å². The van der Waals surface area contributed by atoms with Crippen molar-refractivity contribution in [3.63, 3.8) is 0 Å². The molecule has 0 bridgehead atoms. The van der Waals surface area contributed by atoms with Crippen LogP contribution in [0.1, 0.15) is 10.4 Å². The summed E-state index contributed by atoms with van der Waals surface area (Å²) in [6, 6.07) is 13.4. The van der Waals surface area contributed by atoms with Gasteiger partial charge in [-0.1, -0.05) is 18.2 Å². The Morgan fingerprint density at radius 1 is 1.14 bits per heavy atom. The standard InChI is InChI=1S/C15H14BrN3O3/c16-13-10-12(19(21)22)6-7-14(13)17-8-9-18-15(20)11-4-2-1-3-5-11/h1-7,10,17H,8-9H2,(H,18,20). The first-order chi connectivity index (χ1) is 10.6. The summed E-state index contributed by atoms with van der Waals surface area (Å²) in [5.74, 6) is -0.134. The van der Waals surface area contributed by atoms with Crippen LogP contribution in [0.4, 0.5) is 11.4 Å². The molecule has 0 unspecified atom stereocenters. The molecule has 0 aliphatic rings. The summed E-state index contributed by atoms with van der Waals surface area (Å²) in [5, 5.41) is 16.5. The van der Waals surface area contributed by atoms with Gasteiger partial charge in [0.25, 0.3) is 11.6 Å². The van der Waals surface area contributed by atoms with E-state index in [9.17, 15) is 14.9 Å². The highest BCUT2D eigenvalue weighted by Gasteiger charge is 2.09. The van der Waals surface area contributed by atoms with Crippen LogP contribution >= 0.6 is 15.9 Å². The van der Waals surface area contributed by atoms with E-state index in [-0.39, 0.29) is 11.6 Å². The third-order valence-corrected chi connectivity index (χ3v) is 3.58. The smallest absolute Gasteiger partial charge is 0.270 e. The number of rotatable bonds is 6. The Bertz CT molecular complexity index is 677. The summed E-state index contributed by atoms with van der Waals surface area (Å²) in [4.78, 5) is 22.0. The van der Waals surface area contributed by atoms with E-state index in [1.807, 2.05) is 6.07 Å². The van der Waals surface area contributed by atoms with Crippen LogP contribution in [0.25, 0.3) is 0 Å². The zero-order chi connectivity index (χ0) is 15.9. The molecule has 1 amide bonds. The van der Waals surface area contributed by atoms with Gasteiger partial charge in [-0.05, 0) is 34.1 Å². The van der Waals surface area contributed by atoms with E-state index in [1.54, 1.807) is 30.3 Å². The van der Waals surface area contributed by atoms with E-state index in [0.717, 1.165) is 5.69 Å².